The first-order valence-electron chi connectivity index (χ1n) is 5.85. The van der Waals surface area contributed by atoms with Crippen LogP contribution in [-0.4, -0.2) is 27.1 Å². The number of aromatic nitrogens is 2. The molecule has 1 aromatic carbocycles. The van der Waals surface area contributed by atoms with E-state index in [0.717, 1.165) is 0 Å². The Morgan fingerprint density at radius 1 is 1.55 bits per heavy atom. The number of ether oxygens (including phenoxy) is 1. The van der Waals surface area contributed by atoms with Crippen molar-refractivity contribution in [2.75, 3.05) is 11.9 Å². The number of amides is 1. The van der Waals surface area contributed by atoms with Crippen LogP contribution in [0.2, 0.25) is 0 Å². The first-order chi connectivity index (χ1) is 9.54. The van der Waals surface area contributed by atoms with E-state index in [4.69, 9.17) is 22.7 Å². The number of nitrogens with zero attached hydrogens (tertiary/aromatic N) is 2. The SMILES string of the molecule is Cn1cnc(C(=O)Nc2cccc(OCC(N)=S)c2)c1. The van der Waals surface area contributed by atoms with Crippen LogP contribution in [0.25, 0.3) is 0 Å². The third kappa shape index (κ3) is 3.79. The molecule has 2 rings (SSSR count). The predicted octanol–water partition coefficient (Wildman–Crippen LogP) is 1.34. The van der Waals surface area contributed by atoms with Crippen molar-refractivity contribution in [3.05, 3.63) is 42.5 Å². The van der Waals surface area contributed by atoms with Crippen LogP contribution in [0, 0.1) is 0 Å². The van der Waals surface area contributed by atoms with Gasteiger partial charge in [0.15, 0.2) is 0 Å². The fourth-order valence-corrected chi connectivity index (χ4v) is 1.60. The van der Waals surface area contributed by atoms with E-state index in [0.29, 0.717) is 17.1 Å². The van der Waals surface area contributed by atoms with E-state index in [-0.39, 0.29) is 17.5 Å². The number of rotatable bonds is 5. The number of thiocarbonyl (C=S) groups is 1. The molecule has 2 aromatic rings. The topological polar surface area (TPSA) is 82.2 Å². The highest BCUT2D eigenvalue weighted by atomic mass is 32.1. The largest absolute Gasteiger partial charge is 0.486 e. The second-order valence-electron chi connectivity index (χ2n) is 4.16. The number of carbonyl (C=O) groups is 1. The van der Waals surface area contributed by atoms with Gasteiger partial charge in [-0.05, 0) is 12.1 Å². The summed E-state index contributed by atoms with van der Waals surface area (Å²) in [6.07, 6.45) is 3.21. The van der Waals surface area contributed by atoms with Crippen molar-refractivity contribution >= 4 is 28.8 Å². The minimum atomic E-state index is -0.280. The van der Waals surface area contributed by atoms with Crippen molar-refractivity contribution in [1.82, 2.24) is 9.55 Å². The number of nitrogens with one attached hydrogen (secondary N) is 1. The first-order valence-corrected chi connectivity index (χ1v) is 6.26. The van der Waals surface area contributed by atoms with Crippen LogP contribution in [0.5, 0.6) is 5.75 Å². The summed E-state index contributed by atoms with van der Waals surface area (Å²) in [5, 5.41) is 2.74. The standard InChI is InChI=1S/C13H14N4O2S/c1-17-6-11(15-8-17)13(18)16-9-3-2-4-10(5-9)19-7-12(14)20/h2-6,8H,7H2,1H3,(H2,14,20)(H,16,18). The van der Waals surface area contributed by atoms with Gasteiger partial charge in [-0.15, -0.1) is 0 Å². The summed E-state index contributed by atoms with van der Waals surface area (Å²) in [4.78, 5) is 16.2. The number of anilines is 1. The van der Waals surface area contributed by atoms with Crippen molar-refractivity contribution in [2.24, 2.45) is 12.8 Å². The summed E-state index contributed by atoms with van der Waals surface area (Å²) in [7, 11) is 1.80. The summed E-state index contributed by atoms with van der Waals surface area (Å²) < 4.78 is 7.07. The molecule has 0 saturated heterocycles. The zero-order valence-electron chi connectivity index (χ0n) is 10.9. The maximum Gasteiger partial charge on any atom is 0.275 e. The number of hydrogen-bond donors (Lipinski definition) is 2. The fraction of sp³-hybridized carbons (Fsp3) is 0.154. The maximum atomic E-state index is 11.9. The lowest BCUT2D eigenvalue weighted by atomic mass is 10.3. The maximum absolute atomic E-state index is 11.9. The molecule has 0 saturated carbocycles. The molecule has 7 heteroatoms. The third-order valence-electron chi connectivity index (χ3n) is 2.41. The molecule has 0 unspecified atom stereocenters. The summed E-state index contributed by atoms with van der Waals surface area (Å²) >= 11 is 4.74. The van der Waals surface area contributed by atoms with E-state index in [1.807, 2.05) is 0 Å². The first kappa shape index (κ1) is 14.0. The Labute approximate surface area is 121 Å². The smallest absolute Gasteiger partial charge is 0.275 e. The number of hydrogen-bond acceptors (Lipinski definition) is 4. The minimum Gasteiger partial charge on any atom is -0.486 e. The van der Waals surface area contributed by atoms with Crippen molar-refractivity contribution in [1.29, 1.82) is 0 Å². The Morgan fingerprint density at radius 2 is 2.35 bits per heavy atom. The van der Waals surface area contributed by atoms with E-state index >= 15 is 0 Å². The molecule has 104 valence electrons. The lowest BCUT2D eigenvalue weighted by Gasteiger charge is -2.07. The Bertz CT molecular complexity index is 639. The van der Waals surface area contributed by atoms with Crippen molar-refractivity contribution < 1.29 is 9.53 Å². The molecule has 0 aliphatic heterocycles. The molecule has 1 aromatic heterocycles. The molecule has 20 heavy (non-hydrogen) atoms. The second kappa shape index (κ2) is 6.16. The highest BCUT2D eigenvalue weighted by Crippen LogP contribution is 2.17. The van der Waals surface area contributed by atoms with Crippen molar-refractivity contribution in [3.8, 4) is 5.75 Å². The van der Waals surface area contributed by atoms with Gasteiger partial charge in [0.2, 0.25) is 0 Å². The van der Waals surface area contributed by atoms with Crippen LogP contribution in [0.15, 0.2) is 36.8 Å². The molecular formula is C13H14N4O2S. The van der Waals surface area contributed by atoms with Gasteiger partial charge < -0.3 is 20.4 Å². The number of nitrogens with two attached hydrogens (primary N) is 1. The quantitative estimate of drug-likeness (QED) is 0.812. The van der Waals surface area contributed by atoms with Gasteiger partial charge in [-0.3, -0.25) is 4.79 Å². The van der Waals surface area contributed by atoms with E-state index in [2.05, 4.69) is 10.3 Å². The Balaban J connectivity index is 2.04. The van der Waals surface area contributed by atoms with Gasteiger partial charge >= 0.3 is 0 Å². The summed E-state index contributed by atoms with van der Waals surface area (Å²) in [6, 6.07) is 6.98. The summed E-state index contributed by atoms with van der Waals surface area (Å²) in [5.41, 5.74) is 6.32. The molecular weight excluding hydrogens is 276 g/mol. The van der Waals surface area contributed by atoms with Crippen LogP contribution >= 0.6 is 12.2 Å². The fourth-order valence-electron chi connectivity index (χ4n) is 1.54. The van der Waals surface area contributed by atoms with Crippen molar-refractivity contribution in [3.63, 3.8) is 0 Å². The van der Waals surface area contributed by atoms with Crippen molar-refractivity contribution in [2.45, 2.75) is 0 Å². The molecule has 0 aliphatic rings. The second-order valence-corrected chi connectivity index (χ2v) is 4.69. The molecule has 0 radical (unpaired) electrons. The van der Waals surface area contributed by atoms with Crippen LogP contribution in [0.3, 0.4) is 0 Å². The molecule has 3 N–H and O–H groups in total. The van der Waals surface area contributed by atoms with Gasteiger partial charge in [-0.25, -0.2) is 4.98 Å². The van der Waals surface area contributed by atoms with E-state index in [1.165, 1.54) is 0 Å². The third-order valence-corrected chi connectivity index (χ3v) is 2.53. The van der Waals surface area contributed by atoms with Gasteiger partial charge in [-0.1, -0.05) is 18.3 Å². The van der Waals surface area contributed by atoms with E-state index < -0.39 is 0 Å². The number of benzene rings is 1. The van der Waals surface area contributed by atoms with Gasteiger partial charge in [0.05, 0.1) is 6.33 Å². The van der Waals surface area contributed by atoms with Crippen LogP contribution in [0.1, 0.15) is 10.5 Å². The Hall–Kier alpha value is -2.41. The zero-order valence-corrected chi connectivity index (χ0v) is 11.7. The molecule has 1 heterocycles. The molecule has 0 bridgehead atoms. The summed E-state index contributed by atoms with van der Waals surface area (Å²) in [6.45, 7) is 0.160. The van der Waals surface area contributed by atoms with Gasteiger partial charge in [0, 0.05) is 25.0 Å². The van der Waals surface area contributed by atoms with Crippen LogP contribution < -0.4 is 15.8 Å². The molecule has 1 amide bonds. The highest BCUT2D eigenvalue weighted by molar-refractivity contribution is 7.80. The highest BCUT2D eigenvalue weighted by Gasteiger charge is 2.09. The zero-order chi connectivity index (χ0) is 14.5. The Kier molecular flexibility index (Phi) is 4.31. The Morgan fingerprint density at radius 3 is 3.00 bits per heavy atom. The number of carbonyl (C=O) groups excluding carboxylic acids is 1. The van der Waals surface area contributed by atoms with Crippen LogP contribution in [-0.2, 0) is 7.05 Å². The lowest BCUT2D eigenvalue weighted by molar-refractivity contribution is 0.102. The molecule has 0 spiro atoms. The number of aryl methyl sites for hydroxylation is 1. The lowest BCUT2D eigenvalue weighted by Crippen LogP contribution is -2.18. The molecule has 0 fully saturated rings. The molecule has 6 nitrogen and oxygen atoms in total. The van der Waals surface area contributed by atoms with E-state index in [1.54, 1.807) is 48.4 Å². The monoisotopic (exact) mass is 290 g/mol. The van der Waals surface area contributed by atoms with Gasteiger partial charge in [0.1, 0.15) is 23.0 Å². The average Bonchev–Trinajstić information content (AvgIpc) is 2.84. The average molecular weight is 290 g/mol. The summed E-state index contributed by atoms with van der Waals surface area (Å²) in [5.74, 6) is 0.300. The normalized spacial score (nSPS) is 10.1. The van der Waals surface area contributed by atoms with Gasteiger partial charge in [-0.2, -0.15) is 0 Å². The minimum absolute atomic E-state index is 0.160. The molecule has 0 aliphatic carbocycles. The van der Waals surface area contributed by atoms with Gasteiger partial charge in [0.25, 0.3) is 5.91 Å². The molecule has 0 atom stereocenters. The van der Waals surface area contributed by atoms with E-state index in [9.17, 15) is 4.79 Å². The predicted molar refractivity (Wildman–Crippen MR) is 79.9 cm³/mol. The number of imidazole rings is 1. The van der Waals surface area contributed by atoms with Crippen LogP contribution in [0.4, 0.5) is 5.69 Å².